The summed E-state index contributed by atoms with van der Waals surface area (Å²) in [5, 5.41) is 18.0. The Morgan fingerprint density at radius 1 is 1.34 bits per heavy atom. The van der Waals surface area contributed by atoms with Gasteiger partial charge in [0.05, 0.1) is 0 Å². The molecule has 2 heterocycles. The predicted molar refractivity (Wildman–Crippen MR) is 118 cm³/mol. The van der Waals surface area contributed by atoms with E-state index in [1.54, 1.807) is 0 Å². The number of rotatable bonds is 8. The number of hydrogen-bond donors (Lipinski definition) is 3. The number of hydrogen-bond acceptors (Lipinski definition) is 5. The van der Waals surface area contributed by atoms with Crippen molar-refractivity contribution in [1.82, 2.24) is 25.4 Å². The Labute approximate surface area is 176 Å². The first-order valence-corrected chi connectivity index (χ1v) is 11.2. The van der Waals surface area contributed by atoms with E-state index in [1.165, 1.54) is 0 Å². The van der Waals surface area contributed by atoms with Crippen LogP contribution in [-0.2, 0) is 18.4 Å². The number of anilines is 1. The number of amides is 1. The first-order chi connectivity index (χ1) is 14.1. The minimum Gasteiger partial charge on any atom is -0.356 e. The molecule has 0 spiro atoms. The number of thioether (sulfide) groups is 1. The van der Waals surface area contributed by atoms with Gasteiger partial charge in [-0.3, -0.25) is 4.79 Å². The molecule has 0 bridgehead atoms. The third-order valence-corrected chi connectivity index (χ3v) is 5.70. The quantitative estimate of drug-likeness (QED) is 0.347. The Morgan fingerprint density at radius 2 is 2.17 bits per heavy atom. The lowest BCUT2D eigenvalue weighted by Gasteiger charge is -2.26. The van der Waals surface area contributed by atoms with Gasteiger partial charge in [0.25, 0.3) is 0 Å². The Morgan fingerprint density at radius 3 is 2.93 bits per heavy atom. The van der Waals surface area contributed by atoms with Crippen LogP contribution in [-0.4, -0.2) is 51.7 Å². The fourth-order valence-electron chi connectivity index (χ4n) is 3.24. The second-order valence-electron chi connectivity index (χ2n) is 7.08. The monoisotopic (exact) mass is 415 g/mol. The van der Waals surface area contributed by atoms with Gasteiger partial charge < -0.3 is 20.5 Å². The number of aromatic nitrogens is 3. The van der Waals surface area contributed by atoms with Crippen molar-refractivity contribution in [3.05, 3.63) is 41.5 Å². The number of aryl methyl sites for hydroxylation is 1. The van der Waals surface area contributed by atoms with Gasteiger partial charge in [-0.05, 0) is 37.0 Å². The molecule has 3 N–H and O–H groups in total. The van der Waals surface area contributed by atoms with Crippen LogP contribution in [0.25, 0.3) is 0 Å². The maximum absolute atomic E-state index is 12.1. The molecule has 1 aromatic carbocycles. The molecule has 1 atom stereocenters. The zero-order valence-electron chi connectivity index (χ0n) is 17.2. The molecule has 0 radical (unpaired) electrons. The van der Waals surface area contributed by atoms with Gasteiger partial charge >= 0.3 is 0 Å². The van der Waals surface area contributed by atoms with Crippen LogP contribution in [0, 0.1) is 6.92 Å². The molecule has 1 aliphatic rings. The molecule has 9 heteroatoms. The van der Waals surface area contributed by atoms with Crippen LogP contribution in [0.2, 0.25) is 0 Å². The number of carbonyl (C=O) groups excluding carboxylic acids is 1. The van der Waals surface area contributed by atoms with Crippen molar-refractivity contribution >= 4 is 29.3 Å². The van der Waals surface area contributed by atoms with Gasteiger partial charge in [-0.1, -0.05) is 18.2 Å². The van der Waals surface area contributed by atoms with Crippen LogP contribution in [0.3, 0.4) is 0 Å². The van der Waals surface area contributed by atoms with Gasteiger partial charge in [-0.25, -0.2) is 4.99 Å². The van der Waals surface area contributed by atoms with Crippen molar-refractivity contribution in [1.29, 1.82) is 0 Å². The average Bonchev–Trinajstić information content (AvgIpc) is 3.04. The molecular formula is C20H29N7OS. The highest BCUT2D eigenvalue weighted by molar-refractivity contribution is 7.98. The Bertz CT molecular complexity index is 864. The van der Waals surface area contributed by atoms with Crippen molar-refractivity contribution < 1.29 is 4.79 Å². The predicted octanol–water partition coefficient (Wildman–Crippen LogP) is 2.04. The van der Waals surface area contributed by atoms with E-state index in [-0.39, 0.29) is 11.8 Å². The third-order valence-electron chi connectivity index (χ3n) is 5.00. The van der Waals surface area contributed by atoms with Gasteiger partial charge in [0.1, 0.15) is 12.4 Å². The first kappa shape index (κ1) is 21.2. The van der Waals surface area contributed by atoms with E-state index < -0.39 is 0 Å². The summed E-state index contributed by atoms with van der Waals surface area (Å²) in [6.07, 6.45) is 3.63. The van der Waals surface area contributed by atoms with Crippen LogP contribution < -0.4 is 16.0 Å². The number of para-hydroxylation sites is 1. The van der Waals surface area contributed by atoms with Crippen molar-refractivity contribution in [3.8, 4) is 0 Å². The molecule has 1 aliphatic heterocycles. The number of nitrogens with zero attached hydrogens (tertiary/aromatic N) is 4. The zero-order chi connectivity index (χ0) is 20.6. The van der Waals surface area contributed by atoms with E-state index in [2.05, 4.69) is 43.5 Å². The van der Waals surface area contributed by atoms with Crippen LogP contribution in [0.4, 0.5) is 5.69 Å². The number of aliphatic imine (C=N–C) groups is 1. The number of fused-ring (bicyclic) bond motifs is 1. The minimum absolute atomic E-state index is 0.0523. The fourth-order valence-corrected chi connectivity index (χ4v) is 3.67. The summed E-state index contributed by atoms with van der Waals surface area (Å²) in [5.74, 6) is 3.67. The van der Waals surface area contributed by atoms with Crippen LogP contribution in [0.15, 0.2) is 29.3 Å². The fraction of sp³-hybridized carbons (Fsp3) is 0.500. The van der Waals surface area contributed by atoms with Crippen LogP contribution >= 0.6 is 11.8 Å². The van der Waals surface area contributed by atoms with E-state index in [9.17, 15) is 4.79 Å². The Hall–Kier alpha value is -2.55. The third kappa shape index (κ3) is 5.72. The lowest BCUT2D eigenvalue weighted by molar-refractivity contribution is -0.116. The second kappa shape index (κ2) is 10.3. The zero-order valence-corrected chi connectivity index (χ0v) is 18.1. The highest BCUT2D eigenvalue weighted by Gasteiger charge is 2.24. The number of nitrogens with one attached hydrogen (secondary N) is 3. The average molecular weight is 416 g/mol. The van der Waals surface area contributed by atoms with E-state index in [1.807, 2.05) is 48.5 Å². The molecule has 2 aromatic rings. The van der Waals surface area contributed by atoms with Crippen molar-refractivity contribution in [2.75, 3.05) is 30.4 Å². The molecule has 156 valence electrons. The molecule has 1 amide bonds. The largest absolute Gasteiger partial charge is 0.356 e. The number of benzene rings is 1. The van der Waals surface area contributed by atoms with E-state index >= 15 is 0 Å². The topological polar surface area (TPSA) is 96.2 Å². The number of guanidine groups is 1. The Balaban J connectivity index is 1.67. The van der Waals surface area contributed by atoms with Crippen molar-refractivity contribution in [2.45, 2.75) is 32.2 Å². The smallest absolute Gasteiger partial charge is 0.225 e. The molecule has 8 nitrogen and oxygen atoms in total. The summed E-state index contributed by atoms with van der Waals surface area (Å²) >= 11 is 1.83. The normalized spacial score (nSPS) is 16.3. The van der Waals surface area contributed by atoms with E-state index in [0.29, 0.717) is 19.5 Å². The summed E-state index contributed by atoms with van der Waals surface area (Å²) in [6, 6.07) is 7.98. The molecular weight excluding hydrogens is 386 g/mol. The first-order valence-electron chi connectivity index (χ1n) is 9.83. The van der Waals surface area contributed by atoms with Crippen LogP contribution in [0.5, 0.6) is 0 Å². The van der Waals surface area contributed by atoms with Gasteiger partial charge in [-0.2, -0.15) is 11.8 Å². The van der Waals surface area contributed by atoms with Gasteiger partial charge in [-0.15, -0.1) is 10.2 Å². The molecule has 29 heavy (non-hydrogen) atoms. The van der Waals surface area contributed by atoms with Crippen LogP contribution in [0.1, 0.15) is 36.0 Å². The van der Waals surface area contributed by atoms with Crippen molar-refractivity contribution in [3.63, 3.8) is 0 Å². The lowest BCUT2D eigenvalue weighted by Crippen LogP contribution is -2.41. The molecule has 0 fully saturated rings. The Kier molecular flexibility index (Phi) is 7.51. The number of carbonyl (C=O) groups is 1. The summed E-state index contributed by atoms with van der Waals surface area (Å²) in [6.45, 7) is 3.84. The highest BCUT2D eigenvalue weighted by atomic mass is 32.2. The van der Waals surface area contributed by atoms with E-state index in [4.69, 9.17) is 0 Å². The molecule has 0 saturated carbocycles. The highest BCUT2D eigenvalue weighted by Crippen LogP contribution is 2.31. The summed E-state index contributed by atoms with van der Waals surface area (Å²) in [7, 11) is 1.94. The molecule has 1 aromatic heterocycles. The molecule has 1 unspecified atom stereocenters. The van der Waals surface area contributed by atoms with E-state index in [0.717, 1.165) is 47.6 Å². The second-order valence-corrected chi connectivity index (χ2v) is 8.06. The maximum atomic E-state index is 12.1. The maximum Gasteiger partial charge on any atom is 0.225 e. The van der Waals surface area contributed by atoms with Crippen molar-refractivity contribution in [2.24, 2.45) is 12.0 Å². The summed E-state index contributed by atoms with van der Waals surface area (Å²) in [5.41, 5.74) is 2.06. The SMILES string of the molecule is CSCCCNC(=NCc1nnc(C)n1C)NCC1CC(=O)Nc2ccccc21. The van der Waals surface area contributed by atoms with Gasteiger partial charge in [0.15, 0.2) is 11.8 Å². The van der Waals surface area contributed by atoms with Gasteiger partial charge in [0.2, 0.25) is 5.91 Å². The molecule has 0 saturated heterocycles. The summed E-state index contributed by atoms with van der Waals surface area (Å²) < 4.78 is 1.94. The standard InChI is InChI=1S/C20H29N7OS/c1-14-25-26-18(27(14)2)13-23-20(21-9-6-10-29-3)22-12-15-11-19(28)24-17-8-5-4-7-16(15)17/h4-5,7-8,15H,6,9-13H2,1-3H3,(H,24,28)(H2,21,22,23). The lowest BCUT2D eigenvalue weighted by atomic mass is 9.90. The molecule has 3 rings (SSSR count). The minimum atomic E-state index is 0.0523. The van der Waals surface area contributed by atoms with Gasteiger partial charge in [0, 0.05) is 38.2 Å². The molecule has 0 aliphatic carbocycles. The summed E-state index contributed by atoms with van der Waals surface area (Å²) in [4.78, 5) is 16.8.